The minimum atomic E-state index is -0.225. The number of hydrogen-bond donors (Lipinski definition) is 2. The van der Waals surface area contributed by atoms with E-state index in [1.807, 2.05) is 20.0 Å². The van der Waals surface area contributed by atoms with Gasteiger partial charge in [-0.25, -0.2) is 9.78 Å². The van der Waals surface area contributed by atoms with E-state index in [1.165, 1.54) is 0 Å². The summed E-state index contributed by atoms with van der Waals surface area (Å²) in [5, 5.41) is 11.0. The molecule has 2 amide bonds. The van der Waals surface area contributed by atoms with Crippen molar-refractivity contribution in [2.24, 2.45) is 7.05 Å². The number of carbonyl (C=O) groups excluding carboxylic acids is 1. The number of fused-ring (bicyclic) bond motifs is 1. The zero-order chi connectivity index (χ0) is 18.0. The molecule has 1 aliphatic rings. The third-order valence-electron chi connectivity index (χ3n) is 4.33. The smallest absolute Gasteiger partial charge is 0.319 e. The number of amides is 2. The summed E-state index contributed by atoms with van der Waals surface area (Å²) in [5.41, 5.74) is 2.36. The fourth-order valence-electron chi connectivity index (χ4n) is 3.35. The molecule has 0 unspecified atom stereocenters. The minimum Gasteiger partial charge on any atom is -0.373 e. The van der Waals surface area contributed by atoms with Crippen LogP contribution in [-0.2, 0) is 11.8 Å². The molecule has 0 saturated carbocycles. The molecule has 0 aliphatic carbocycles. The van der Waals surface area contributed by atoms with E-state index in [9.17, 15) is 4.79 Å². The number of carbonyl (C=O) groups is 1. The molecule has 25 heavy (non-hydrogen) atoms. The highest BCUT2D eigenvalue weighted by molar-refractivity contribution is 5.91. The first-order valence-corrected chi connectivity index (χ1v) is 8.64. The van der Waals surface area contributed by atoms with E-state index in [2.05, 4.69) is 39.5 Å². The number of nitrogens with one attached hydrogen (secondary N) is 2. The van der Waals surface area contributed by atoms with Crippen molar-refractivity contribution < 1.29 is 9.53 Å². The van der Waals surface area contributed by atoms with Crippen LogP contribution in [0.4, 0.5) is 10.5 Å². The second-order valence-electron chi connectivity index (χ2n) is 6.70. The predicted molar refractivity (Wildman–Crippen MR) is 96.7 cm³/mol. The van der Waals surface area contributed by atoms with Crippen LogP contribution in [0, 0.1) is 6.92 Å². The van der Waals surface area contributed by atoms with Crippen LogP contribution in [0.25, 0.3) is 11.0 Å². The van der Waals surface area contributed by atoms with Crippen molar-refractivity contribution in [2.45, 2.75) is 33.0 Å². The number of hydrogen-bond acceptors (Lipinski definition) is 5. The molecule has 8 heteroatoms. The Hall–Kier alpha value is -2.19. The monoisotopic (exact) mass is 346 g/mol. The Kier molecular flexibility index (Phi) is 5.19. The molecule has 0 radical (unpaired) electrons. The predicted octanol–water partition coefficient (Wildman–Crippen LogP) is 1.51. The van der Waals surface area contributed by atoms with E-state index >= 15 is 0 Å². The second-order valence-corrected chi connectivity index (χ2v) is 6.70. The largest absolute Gasteiger partial charge is 0.373 e. The summed E-state index contributed by atoms with van der Waals surface area (Å²) in [4.78, 5) is 18.8. The standard InChI is InChI=1S/C17H26N6O2/c1-11-9-23(10-12(2)25-11)6-5-18-17(24)20-14-7-15-13(3)21-22(4)16(15)19-8-14/h7-8,11-12H,5-6,9-10H2,1-4H3,(H2,18,20,24)/t11-,12-/m1/s1. The number of pyridine rings is 1. The zero-order valence-corrected chi connectivity index (χ0v) is 15.2. The van der Waals surface area contributed by atoms with E-state index in [0.29, 0.717) is 12.2 Å². The molecule has 0 spiro atoms. The highest BCUT2D eigenvalue weighted by Gasteiger charge is 2.21. The topological polar surface area (TPSA) is 84.3 Å². The van der Waals surface area contributed by atoms with Gasteiger partial charge in [0.05, 0.1) is 29.8 Å². The lowest BCUT2D eigenvalue weighted by Gasteiger charge is -2.35. The summed E-state index contributed by atoms with van der Waals surface area (Å²) >= 11 is 0. The maximum absolute atomic E-state index is 12.1. The van der Waals surface area contributed by atoms with Crippen LogP contribution in [0.5, 0.6) is 0 Å². The van der Waals surface area contributed by atoms with Gasteiger partial charge in [0, 0.05) is 38.6 Å². The number of aromatic nitrogens is 3. The van der Waals surface area contributed by atoms with E-state index in [-0.39, 0.29) is 18.2 Å². The number of morpholine rings is 1. The molecule has 2 aromatic rings. The number of anilines is 1. The number of ether oxygens (including phenoxy) is 1. The Morgan fingerprint density at radius 3 is 2.80 bits per heavy atom. The van der Waals surface area contributed by atoms with Gasteiger partial charge in [0.2, 0.25) is 0 Å². The lowest BCUT2D eigenvalue weighted by atomic mass is 10.2. The fourth-order valence-corrected chi connectivity index (χ4v) is 3.35. The summed E-state index contributed by atoms with van der Waals surface area (Å²) in [6, 6.07) is 1.67. The Morgan fingerprint density at radius 1 is 1.36 bits per heavy atom. The maximum Gasteiger partial charge on any atom is 0.319 e. The molecule has 2 aromatic heterocycles. The lowest BCUT2D eigenvalue weighted by Crippen LogP contribution is -2.48. The summed E-state index contributed by atoms with van der Waals surface area (Å²) in [6.07, 6.45) is 2.12. The fraction of sp³-hybridized carbons (Fsp3) is 0.588. The minimum absolute atomic E-state index is 0.225. The number of urea groups is 1. The Bertz CT molecular complexity index is 749. The highest BCUT2D eigenvalue weighted by atomic mass is 16.5. The van der Waals surface area contributed by atoms with E-state index in [0.717, 1.165) is 36.4 Å². The van der Waals surface area contributed by atoms with Gasteiger partial charge in [-0.15, -0.1) is 0 Å². The quantitative estimate of drug-likeness (QED) is 0.877. The summed E-state index contributed by atoms with van der Waals surface area (Å²) < 4.78 is 7.45. The summed E-state index contributed by atoms with van der Waals surface area (Å²) in [5.74, 6) is 0. The van der Waals surface area contributed by atoms with Crippen molar-refractivity contribution in [2.75, 3.05) is 31.5 Å². The van der Waals surface area contributed by atoms with Crippen LogP contribution in [0.3, 0.4) is 0 Å². The van der Waals surface area contributed by atoms with Gasteiger partial charge in [0.15, 0.2) is 5.65 Å². The number of rotatable bonds is 4. The van der Waals surface area contributed by atoms with Gasteiger partial charge in [-0.2, -0.15) is 5.10 Å². The third-order valence-corrected chi connectivity index (χ3v) is 4.33. The molecule has 1 aliphatic heterocycles. The van der Waals surface area contributed by atoms with Crippen LogP contribution in [0.15, 0.2) is 12.3 Å². The van der Waals surface area contributed by atoms with Gasteiger partial charge in [0.25, 0.3) is 0 Å². The average molecular weight is 346 g/mol. The molecule has 3 rings (SSSR count). The Labute approximate surface area is 147 Å². The van der Waals surface area contributed by atoms with Crippen molar-refractivity contribution in [3.8, 4) is 0 Å². The Morgan fingerprint density at radius 2 is 2.08 bits per heavy atom. The van der Waals surface area contributed by atoms with E-state index in [1.54, 1.807) is 10.9 Å². The first-order valence-electron chi connectivity index (χ1n) is 8.64. The van der Waals surface area contributed by atoms with Gasteiger partial charge < -0.3 is 15.4 Å². The SMILES string of the molecule is Cc1nn(C)c2ncc(NC(=O)NCCN3C[C@@H](C)O[C@H](C)C3)cc12. The maximum atomic E-state index is 12.1. The first-order chi connectivity index (χ1) is 11.9. The molecule has 1 fully saturated rings. The molecule has 0 bridgehead atoms. The van der Waals surface area contributed by atoms with Crippen molar-refractivity contribution in [1.82, 2.24) is 25.0 Å². The average Bonchev–Trinajstić information content (AvgIpc) is 2.80. The highest BCUT2D eigenvalue weighted by Crippen LogP contribution is 2.19. The third kappa shape index (κ3) is 4.26. The summed E-state index contributed by atoms with van der Waals surface area (Å²) in [7, 11) is 1.86. The molecule has 2 N–H and O–H groups in total. The van der Waals surface area contributed by atoms with Crippen molar-refractivity contribution in [1.29, 1.82) is 0 Å². The molecule has 2 atom stereocenters. The van der Waals surface area contributed by atoms with Gasteiger partial charge in [-0.05, 0) is 26.8 Å². The van der Waals surface area contributed by atoms with Crippen molar-refractivity contribution in [3.63, 3.8) is 0 Å². The molecule has 136 valence electrons. The molecular formula is C17H26N6O2. The number of aryl methyl sites for hydroxylation is 2. The van der Waals surface area contributed by atoms with Gasteiger partial charge >= 0.3 is 6.03 Å². The van der Waals surface area contributed by atoms with Crippen LogP contribution < -0.4 is 10.6 Å². The van der Waals surface area contributed by atoms with Crippen molar-refractivity contribution >= 4 is 22.8 Å². The van der Waals surface area contributed by atoms with Gasteiger partial charge in [0.1, 0.15) is 0 Å². The second kappa shape index (κ2) is 7.37. The molecule has 3 heterocycles. The van der Waals surface area contributed by atoms with Gasteiger partial charge in [-0.3, -0.25) is 9.58 Å². The molecule has 1 saturated heterocycles. The molecular weight excluding hydrogens is 320 g/mol. The van der Waals surface area contributed by atoms with Crippen LogP contribution in [0.1, 0.15) is 19.5 Å². The van der Waals surface area contributed by atoms with E-state index in [4.69, 9.17) is 4.74 Å². The van der Waals surface area contributed by atoms with Crippen LogP contribution in [-0.4, -0.2) is 64.1 Å². The van der Waals surface area contributed by atoms with Gasteiger partial charge in [-0.1, -0.05) is 0 Å². The van der Waals surface area contributed by atoms with Crippen molar-refractivity contribution in [3.05, 3.63) is 18.0 Å². The molecule has 8 nitrogen and oxygen atoms in total. The van der Waals surface area contributed by atoms with Crippen LogP contribution in [0.2, 0.25) is 0 Å². The van der Waals surface area contributed by atoms with E-state index < -0.39 is 0 Å². The molecule has 0 aromatic carbocycles. The first kappa shape index (κ1) is 17.6. The normalized spacial score (nSPS) is 21.4. The number of nitrogens with zero attached hydrogens (tertiary/aromatic N) is 4. The van der Waals surface area contributed by atoms with Crippen LogP contribution >= 0.6 is 0 Å². The lowest BCUT2D eigenvalue weighted by molar-refractivity contribution is -0.0672. The zero-order valence-electron chi connectivity index (χ0n) is 15.2. The Balaban J connectivity index is 1.50. The summed E-state index contributed by atoms with van der Waals surface area (Å²) in [6.45, 7) is 9.28.